The largest absolute Gasteiger partial charge is 0.506 e. The molecule has 0 amide bonds. The van der Waals surface area contributed by atoms with E-state index < -0.39 is 0 Å². The van der Waals surface area contributed by atoms with E-state index in [9.17, 15) is 5.11 Å². The molecule has 0 unspecified atom stereocenters. The Morgan fingerprint density at radius 2 is 1.30 bits per heavy atom. The van der Waals surface area contributed by atoms with Crippen LogP contribution in [-0.2, 0) is 19.6 Å². The maximum Gasteiger partial charge on any atom is 0.141 e. The van der Waals surface area contributed by atoms with Crippen LogP contribution in [0.15, 0.2) is 91.1 Å². The van der Waals surface area contributed by atoms with Crippen molar-refractivity contribution in [3.8, 4) is 5.75 Å². The van der Waals surface area contributed by atoms with Gasteiger partial charge in [0, 0.05) is 31.2 Å². The second-order valence-electron chi connectivity index (χ2n) is 6.76. The zero-order valence-corrected chi connectivity index (χ0v) is 15.1. The molecule has 0 aliphatic rings. The third-order valence-corrected chi connectivity index (χ3v) is 4.73. The number of phenols is 1. The number of rotatable bonds is 6. The van der Waals surface area contributed by atoms with Crippen molar-refractivity contribution in [3.63, 3.8) is 0 Å². The topological polar surface area (TPSA) is 36.4 Å². The van der Waals surface area contributed by atoms with Gasteiger partial charge in [-0.25, -0.2) is 0 Å². The average Bonchev–Trinajstić information content (AvgIpc) is 2.72. The fraction of sp³-hybridized carbons (Fsp3) is 0.125. The van der Waals surface area contributed by atoms with E-state index in [0.717, 1.165) is 25.0 Å². The predicted octanol–water partition coefficient (Wildman–Crippen LogP) is 5.14. The number of phenolic OH excluding ortho intramolecular Hbond substituents is 1. The molecule has 134 valence electrons. The van der Waals surface area contributed by atoms with Gasteiger partial charge in [0.15, 0.2) is 0 Å². The summed E-state index contributed by atoms with van der Waals surface area (Å²) in [6, 6.07) is 28.7. The number of aromatic hydroxyl groups is 1. The molecule has 0 saturated heterocycles. The highest BCUT2D eigenvalue weighted by Gasteiger charge is 2.12. The van der Waals surface area contributed by atoms with Crippen LogP contribution in [0.1, 0.15) is 16.7 Å². The lowest BCUT2D eigenvalue weighted by molar-refractivity contribution is 0.248. The van der Waals surface area contributed by atoms with Crippen molar-refractivity contribution in [3.05, 3.63) is 108 Å². The summed E-state index contributed by atoms with van der Waals surface area (Å²) in [4.78, 5) is 6.77. The summed E-state index contributed by atoms with van der Waals surface area (Å²) in [5.41, 5.74) is 4.40. The highest BCUT2D eigenvalue weighted by atomic mass is 16.3. The molecule has 1 N–H and O–H groups in total. The van der Waals surface area contributed by atoms with Gasteiger partial charge in [-0.05, 0) is 28.8 Å². The fourth-order valence-electron chi connectivity index (χ4n) is 3.45. The van der Waals surface area contributed by atoms with Crippen LogP contribution in [0.4, 0.5) is 0 Å². The number of hydrogen-bond donors (Lipinski definition) is 1. The van der Waals surface area contributed by atoms with Crippen molar-refractivity contribution in [2.75, 3.05) is 0 Å². The first-order valence-corrected chi connectivity index (χ1v) is 9.15. The summed E-state index contributed by atoms with van der Waals surface area (Å²) >= 11 is 0. The maximum atomic E-state index is 10.1. The minimum Gasteiger partial charge on any atom is -0.506 e. The van der Waals surface area contributed by atoms with Crippen molar-refractivity contribution in [2.24, 2.45) is 0 Å². The second-order valence-corrected chi connectivity index (χ2v) is 6.76. The number of benzene rings is 3. The highest BCUT2D eigenvalue weighted by molar-refractivity contribution is 5.87. The Morgan fingerprint density at radius 1 is 0.667 bits per heavy atom. The number of nitrogens with zero attached hydrogens (tertiary/aromatic N) is 2. The van der Waals surface area contributed by atoms with E-state index in [1.54, 1.807) is 12.3 Å². The van der Waals surface area contributed by atoms with E-state index in [-0.39, 0.29) is 5.75 Å². The van der Waals surface area contributed by atoms with Crippen molar-refractivity contribution < 1.29 is 5.11 Å². The lowest BCUT2D eigenvalue weighted by atomic mass is 10.1. The average molecular weight is 354 g/mol. The molecule has 27 heavy (non-hydrogen) atoms. The van der Waals surface area contributed by atoms with E-state index in [1.165, 1.54) is 16.7 Å². The van der Waals surface area contributed by atoms with Gasteiger partial charge in [-0.15, -0.1) is 0 Å². The molecule has 3 nitrogen and oxygen atoms in total. The molecule has 0 bridgehead atoms. The summed E-state index contributed by atoms with van der Waals surface area (Å²) in [7, 11) is 0. The molecular weight excluding hydrogens is 332 g/mol. The molecule has 0 radical (unpaired) electrons. The van der Waals surface area contributed by atoms with Gasteiger partial charge in [-0.2, -0.15) is 0 Å². The van der Waals surface area contributed by atoms with Crippen molar-refractivity contribution >= 4 is 10.9 Å². The minimum absolute atomic E-state index is 0.229. The number of aromatic nitrogens is 1. The van der Waals surface area contributed by atoms with Gasteiger partial charge >= 0.3 is 0 Å². The van der Waals surface area contributed by atoms with Crippen molar-refractivity contribution in [1.29, 1.82) is 0 Å². The standard InChI is InChI=1S/C24H22N2O/c27-23-14-13-21(22-12-7-15-25-24(22)23)18-26(16-19-8-3-1-4-9-19)17-20-10-5-2-6-11-20/h1-15,27H,16-18H2. The summed E-state index contributed by atoms with van der Waals surface area (Å²) in [6.45, 7) is 2.50. The van der Waals surface area contributed by atoms with Gasteiger partial charge in [0.05, 0.1) is 0 Å². The zero-order valence-electron chi connectivity index (χ0n) is 15.1. The van der Waals surface area contributed by atoms with Gasteiger partial charge in [-0.1, -0.05) is 72.8 Å². The summed E-state index contributed by atoms with van der Waals surface area (Å²) in [5, 5.41) is 11.1. The van der Waals surface area contributed by atoms with Crippen LogP contribution in [0, 0.1) is 0 Å². The van der Waals surface area contributed by atoms with Crippen LogP contribution >= 0.6 is 0 Å². The summed E-state index contributed by atoms with van der Waals surface area (Å²) in [5.74, 6) is 0.229. The molecule has 3 aromatic carbocycles. The first-order chi connectivity index (χ1) is 13.3. The Hall–Kier alpha value is -3.17. The molecule has 4 rings (SSSR count). The molecular formula is C24H22N2O. The molecule has 0 spiro atoms. The van der Waals surface area contributed by atoms with Crippen molar-refractivity contribution in [2.45, 2.75) is 19.6 Å². The lowest BCUT2D eigenvalue weighted by Crippen LogP contribution is -2.22. The van der Waals surface area contributed by atoms with E-state index in [2.05, 4.69) is 58.4 Å². The fourth-order valence-corrected chi connectivity index (χ4v) is 3.45. The van der Waals surface area contributed by atoms with Crippen LogP contribution in [0.3, 0.4) is 0 Å². The highest BCUT2D eigenvalue weighted by Crippen LogP contribution is 2.27. The van der Waals surface area contributed by atoms with Gasteiger partial charge < -0.3 is 5.11 Å². The first kappa shape index (κ1) is 17.3. The van der Waals surface area contributed by atoms with Gasteiger partial charge in [0.1, 0.15) is 11.3 Å². The Kier molecular flexibility index (Phi) is 5.13. The Morgan fingerprint density at radius 3 is 1.93 bits per heavy atom. The molecule has 0 aliphatic heterocycles. The third-order valence-electron chi connectivity index (χ3n) is 4.73. The van der Waals surface area contributed by atoms with E-state index in [0.29, 0.717) is 5.52 Å². The minimum atomic E-state index is 0.229. The molecule has 3 heteroatoms. The molecule has 0 saturated carbocycles. The smallest absolute Gasteiger partial charge is 0.141 e. The molecule has 4 aromatic rings. The zero-order chi connectivity index (χ0) is 18.5. The number of pyridine rings is 1. The number of fused-ring (bicyclic) bond motifs is 1. The molecule has 0 atom stereocenters. The number of hydrogen-bond acceptors (Lipinski definition) is 3. The van der Waals surface area contributed by atoms with E-state index >= 15 is 0 Å². The van der Waals surface area contributed by atoms with E-state index in [4.69, 9.17) is 0 Å². The SMILES string of the molecule is Oc1ccc(CN(Cc2ccccc2)Cc2ccccc2)c2cccnc12. The summed E-state index contributed by atoms with van der Waals surface area (Å²) < 4.78 is 0. The van der Waals surface area contributed by atoms with Crippen LogP contribution in [0.5, 0.6) is 5.75 Å². The molecule has 1 heterocycles. The third kappa shape index (κ3) is 4.15. The van der Waals surface area contributed by atoms with Crippen LogP contribution in [-0.4, -0.2) is 15.0 Å². The second kappa shape index (κ2) is 8.02. The Bertz CT molecular complexity index is 975. The lowest BCUT2D eigenvalue weighted by Gasteiger charge is -2.23. The molecule has 0 fully saturated rings. The van der Waals surface area contributed by atoms with Crippen LogP contribution in [0.25, 0.3) is 10.9 Å². The Balaban J connectivity index is 1.65. The normalized spacial score (nSPS) is 11.1. The monoisotopic (exact) mass is 354 g/mol. The summed E-state index contributed by atoms with van der Waals surface area (Å²) in [6.07, 6.45) is 1.72. The quantitative estimate of drug-likeness (QED) is 0.521. The van der Waals surface area contributed by atoms with Crippen LogP contribution in [0.2, 0.25) is 0 Å². The Labute approximate surface area is 159 Å². The van der Waals surface area contributed by atoms with Gasteiger partial charge in [0.25, 0.3) is 0 Å². The molecule has 0 aliphatic carbocycles. The van der Waals surface area contributed by atoms with Gasteiger partial charge in [-0.3, -0.25) is 9.88 Å². The molecule has 1 aromatic heterocycles. The van der Waals surface area contributed by atoms with Crippen molar-refractivity contribution in [1.82, 2.24) is 9.88 Å². The van der Waals surface area contributed by atoms with Crippen LogP contribution < -0.4 is 0 Å². The van der Waals surface area contributed by atoms with Gasteiger partial charge in [0.2, 0.25) is 0 Å². The van der Waals surface area contributed by atoms with E-state index in [1.807, 2.05) is 30.3 Å². The first-order valence-electron chi connectivity index (χ1n) is 9.15. The predicted molar refractivity (Wildman–Crippen MR) is 109 cm³/mol. The maximum absolute atomic E-state index is 10.1.